The van der Waals surface area contributed by atoms with Crippen LogP contribution in [-0.4, -0.2) is 51.2 Å². The summed E-state index contributed by atoms with van der Waals surface area (Å²) in [6, 6.07) is 3.06. The number of ether oxygens (including phenoxy) is 3. The molecule has 1 N–H and O–H groups in total. The molecule has 1 atom stereocenters. The quantitative estimate of drug-likeness (QED) is 0.507. The molecule has 0 unspecified atom stereocenters. The third-order valence-electron chi connectivity index (χ3n) is 5.46. The van der Waals surface area contributed by atoms with Crippen molar-refractivity contribution < 1.29 is 36.6 Å². The van der Waals surface area contributed by atoms with Crippen molar-refractivity contribution >= 4 is 11.6 Å². The van der Waals surface area contributed by atoms with Crippen LogP contribution in [0.5, 0.6) is 11.6 Å². The summed E-state index contributed by atoms with van der Waals surface area (Å²) in [6.45, 7) is 2.82. The molecule has 3 aromatic rings. The van der Waals surface area contributed by atoms with E-state index in [1.54, 1.807) is 6.92 Å². The lowest BCUT2D eigenvalue weighted by atomic mass is 10.1. The Bertz CT molecular complexity index is 1370. The van der Waals surface area contributed by atoms with Gasteiger partial charge in [0.15, 0.2) is 11.9 Å². The van der Waals surface area contributed by atoms with Crippen LogP contribution in [0.1, 0.15) is 28.7 Å². The SMILES string of the molecule is COc1cc(C)c(NC(=O)c2cc(F)c(-n3nc4n(c3=O)CCOC4)cc2O[C@@H](C)C(F)(F)F)cn1. The fraction of sp³-hybridized carbons (Fsp3) is 0.364. The van der Waals surface area contributed by atoms with Gasteiger partial charge in [0.1, 0.15) is 23.9 Å². The van der Waals surface area contributed by atoms with Gasteiger partial charge in [0.05, 0.1) is 37.7 Å². The van der Waals surface area contributed by atoms with Gasteiger partial charge in [-0.2, -0.15) is 17.9 Å². The number of nitrogens with one attached hydrogen (secondary N) is 1. The van der Waals surface area contributed by atoms with E-state index in [0.29, 0.717) is 16.3 Å². The van der Waals surface area contributed by atoms with E-state index in [9.17, 15) is 22.8 Å². The minimum absolute atomic E-state index is 0.00800. The maximum Gasteiger partial charge on any atom is 0.425 e. The summed E-state index contributed by atoms with van der Waals surface area (Å²) < 4.78 is 72.2. The number of amides is 1. The molecular weight excluding hydrogens is 490 g/mol. The van der Waals surface area contributed by atoms with Crippen molar-refractivity contribution in [3.8, 4) is 17.3 Å². The third-order valence-corrected chi connectivity index (χ3v) is 5.46. The number of hydrogen-bond acceptors (Lipinski definition) is 7. The number of aryl methyl sites for hydroxylation is 1. The normalized spacial score (nSPS) is 14.2. The fourth-order valence-corrected chi connectivity index (χ4v) is 3.44. The fourth-order valence-electron chi connectivity index (χ4n) is 3.44. The monoisotopic (exact) mass is 511 g/mol. The maximum absolute atomic E-state index is 15.2. The molecule has 2 aromatic heterocycles. The molecule has 1 aliphatic heterocycles. The smallest absolute Gasteiger partial charge is 0.425 e. The van der Waals surface area contributed by atoms with Crippen LogP contribution in [0.25, 0.3) is 5.69 Å². The molecule has 1 aliphatic rings. The summed E-state index contributed by atoms with van der Waals surface area (Å²) in [4.78, 5) is 29.7. The zero-order valence-corrected chi connectivity index (χ0v) is 19.4. The second-order valence-electron chi connectivity index (χ2n) is 7.91. The Morgan fingerprint density at radius 2 is 2.03 bits per heavy atom. The molecule has 4 rings (SSSR count). The van der Waals surface area contributed by atoms with Gasteiger partial charge in [0, 0.05) is 12.1 Å². The standard InChI is InChI=1S/C22H21F4N5O5/c1-11-6-19(34-3)27-9-15(11)28-20(32)13-7-14(23)16(8-17(13)36-12(2)22(24,25)26)31-21(33)30-4-5-35-10-18(30)29-31/h6-9,12H,4-5,10H2,1-3H3,(H,28,32)/t12-/m0/s1. The number of anilines is 1. The number of carbonyl (C=O) groups is 1. The van der Waals surface area contributed by atoms with Crippen molar-refractivity contribution in [1.82, 2.24) is 19.3 Å². The number of pyridine rings is 1. The summed E-state index contributed by atoms with van der Waals surface area (Å²) in [5.41, 5.74) is -0.957. The van der Waals surface area contributed by atoms with Gasteiger partial charge in [0.2, 0.25) is 5.88 Å². The van der Waals surface area contributed by atoms with Crippen LogP contribution in [0, 0.1) is 12.7 Å². The van der Waals surface area contributed by atoms with Crippen molar-refractivity contribution in [3.63, 3.8) is 0 Å². The molecule has 14 heteroatoms. The van der Waals surface area contributed by atoms with Crippen molar-refractivity contribution in [2.75, 3.05) is 19.0 Å². The molecule has 0 aliphatic carbocycles. The van der Waals surface area contributed by atoms with Crippen LogP contribution in [0.3, 0.4) is 0 Å². The topological polar surface area (TPSA) is 110 Å². The average Bonchev–Trinajstić information content (AvgIpc) is 3.16. The Hall–Kier alpha value is -3.94. The predicted molar refractivity (Wildman–Crippen MR) is 117 cm³/mol. The Labute approximate surface area is 201 Å². The van der Waals surface area contributed by atoms with E-state index >= 15 is 4.39 Å². The van der Waals surface area contributed by atoms with Crippen molar-refractivity contribution in [2.24, 2.45) is 0 Å². The maximum atomic E-state index is 15.2. The molecular formula is C22H21F4N5O5. The van der Waals surface area contributed by atoms with Gasteiger partial charge in [-0.15, -0.1) is 5.10 Å². The number of benzene rings is 1. The summed E-state index contributed by atoms with van der Waals surface area (Å²) >= 11 is 0. The number of hydrogen-bond donors (Lipinski definition) is 1. The first-order valence-corrected chi connectivity index (χ1v) is 10.7. The lowest BCUT2D eigenvalue weighted by Crippen LogP contribution is -2.32. The van der Waals surface area contributed by atoms with E-state index in [1.807, 2.05) is 0 Å². The van der Waals surface area contributed by atoms with Gasteiger partial charge in [-0.05, 0) is 25.5 Å². The molecule has 1 amide bonds. The number of rotatable bonds is 6. The Morgan fingerprint density at radius 1 is 1.28 bits per heavy atom. The Morgan fingerprint density at radius 3 is 2.67 bits per heavy atom. The average molecular weight is 511 g/mol. The second-order valence-corrected chi connectivity index (χ2v) is 7.91. The van der Waals surface area contributed by atoms with E-state index in [-0.39, 0.29) is 37.2 Å². The van der Waals surface area contributed by atoms with E-state index in [1.165, 1.54) is 23.9 Å². The largest absolute Gasteiger partial charge is 0.481 e. The third kappa shape index (κ3) is 4.89. The van der Waals surface area contributed by atoms with Gasteiger partial charge in [-0.25, -0.2) is 14.2 Å². The molecule has 0 bridgehead atoms. The summed E-state index contributed by atoms with van der Waals surface area (Å²) in [6.07, 6.45) is -5.83. The first-order chi connectivity index (χ1) is 17.0. The molecule has 0 fully saturated rings. The highest BCUT2D eigenvalue weighted by atomic mass is 19.4. The van der Waals surface area contributed by atoms with Crippen molar-refractivity contribution in [2.45, 2.75) is 39.3 Å². The number of methoxy groups -OCH3 is 1. The second kappa shape index (κ2) is 9.60. The molecule has 3 heterocycles. The van der Waals surface area contributed by atoms with E-state index in [4.69, 9.17) is 14.2 Å². The zero-order chi connectivity index (χ0) is 26.2. The van der Waals surface area contributed by atoms with E-state index in [2.05, 4.69) is 15.4 Å². The minimum atomic E-state index is -4.78. The first kappa shape index (κ1) is 25.2. The number of aromatic nitrogens is 4. The summed E-state index contributed by atoms with van der Waals surface area (Å²) in [5, 5.41) is 6.50. The highest BCUT2D eigenvalue weighted by molar-refractivity contribution is 6.06. The van der Waals surface area contributed by atoms with E-state index < -0.39 is 46.7 Å². The van der Waals surface area contributed by atoms with Crippen LogP contribution < -0.4 is 20.5 Å². The summed E-state index contributed by atoms with van der Waals surface area (Å²) in [5.74, 6) is -2.12. The van der Waals surface area contributed by atoms with Crippen LogP contribution >= 0.6 is 0 Å². The number of halogens is 4. The first-order valence-electron chi connectivity index (χ1n) is 10.7. The van der Waals surface area contributed by atoms with Crippen LogP contribution in [-0.2, 0) is 17.9 Å². The minimum Gasteiger partial charge on any atom is -0.481 e. The van der Waals surface area contributed by atoms with Gasteiger partial charge in [-0.3, -0.25) is 9.36 Å². The molecule has 0 saturated carbocycles. The lowest BCUT2D eigenvalue weighted by Gasteiger charge is -2.20. The summed E-state index contributed by atoms with van der Waals surface area (Å²) in [7, 11) is 1.41. The van der Waals surface area contributed by atoms with Crippen LogP contribution in [0.2, 0.25) is 0 Å². The van der Waals surface area contributed by atoms with Gasteiger partial charge in [0.25, 0.3) is 5.91 Å². The molecule has 192 valence electrons. The van der Waals surface area contributed by atoms with Crippen LogP contribution in [0.15, 0.2) is 29.2 Å². The van der Waals surface area contributed by atoms with Crippen molar-refractivity contribution in [3.05, 3.63) is 57.6 Å². The molecule has 10 nitrogen and oxygen atoms in total. The molecule has 0 radical (unpaired) electrons. The Kier molecular flexibility index (Phi) is 6.71. The van der Waals surface area contributed by atoms with E-state index in [0.717, 1.165) is 13.0 Å². The van der Waals surface area contributed by atoms with Crippen LogP contribution in [0.4, 0.5) is 23.2 Å². The van der Waals surface area contributed by atoms with Gasteiger partial charge in [-0.1, -0.05) is 0 Å². The number of alkyl halides is 3. The zero-order valence-electron chi connectivity index (χ0n) is 19.4. The number of nitrogens with zero attached hydrogens (tertiary/aromatic N) is 4. The van der Waals surface area contributed by atoms with Gasteiger partial charge >= 0.3 is 11.9 Å². The predicted octanol–water partition coefficient (Wildman–Crippen LogP) is 3.00. The highest BCUT2D eigenvalue weighted by Gasteiger charge is 2.39. The molecule has 1 aromatic carbocycles. The Balaban J connectivity index is 1.77. The molecule has 0 spiro atoms. The number of carbonyl (C=O) groups excluding carboxylic acids is 1. The molecule has 0 saturated heterocycles. The van der Waals surface area contributed by atoms with Gasteiger partial charge < -0.3 is 19.5 Å². The number of fused-ring (bicyclic) bond motifs is 1. The lowest BCUT2D eigenvalue weighted by molar-refractivity contribution is -0.189. The van der Waals surface area contributed by atoms with Crippen molar-refractivity contribution in [1.29, 1.82) is 0 Å². The highest BCUT2D eigenvalue weighted by Crippen LogP contribution is 2.31. The molecule has 36 heavy (non-hydrogen) atoms.